The van der Waals surface area contributed by atoms with Crippen LogP contribution < -0.4 is 0 Å². The molecule has 1 aliphatic rings. The lowest BCUT2D eigenvalue weighted by Gasteiger charge is -2.39. The summed E-state index contributed by atoms with van der Waals surface area (Å²) in [5.41, 5.74) is 0. The third-order valence-corrected chi connectivity index (χ3v) is 2.85. The first kappa shape index (κ1) is 11.0. The Bertz CT molecular complexity index is 150. The maximum atomic E-state index is 9.27. The predicted molar refractivity (Wildman–Crippen MR) is 54.8 cm³/mol. The van der Waals surface area contributed by atoms with Crippen LogP contribution in [0.5, 0.6) is 0 Å². The highest BCUT2D eigenvalue weighted by Gasteiger charge is 2.22. The topological polar surface area (TPSA) is 26.7 Å². The molecule has 2 atom stereocenters. The van der Waals surface area contributed by atoms with Gasteiger partial charge in [-0.2, -0.15) is 0 Å². The number of aliphatic hydroxyl groups excluding tert-OH is 1. The minimum Gasteiger partial charge on any atom is -0.392 e. The maximum Gasteiger partial charge on any atom is 0.0639 e. The Morgan fingerprint density at radius 2 is 2.15 bits per heavy atom. The molecule has 78 valence electrons. The molecule has 0 bridgehead atoms. The van der Waals surface area contributed by atoms with E-state index in [0.29, 0.717) is 6.04 Å². The summed E-state index contributed by atoms with van der Waals surface area (Å²) in [7, 11) is 2.19. The highest BCUT2D eigenvalue weighted by atomic mass is 16.3. The summed E-state index contributed by atoms with van der Waals surface area (Å²) in [6.07, 6.45) is 1.01. The van der Waals surface area contributed by atoms with Gasteiger partial charge in [0.2, 0.25) is 0 Å². The summed E-state index contributed by atoms with van der Waals surface area (Å²) in [5.74, 6) is 0. The number of hydrogen-bond donors (Lipinski definition) is 1. The Labute approximate surface area is 81.3 Å². The van der Waals surface area contributed by atoms with Crippen molar-refractivity contribution in [1.29, 1.82) is 0 Å². The van der Waals surface area contributed by atoms with Gasteiger partial charge in [0.25, 0.3) is 0 Å². The van der Waals surface area contributed by atoms with Crippen LogP contribution in [-0.4, -0.2) is 60.3 Å². The van der Waals surface area contributed by atoms with Crippen LogP contribution in [0.4, 0.5) is 0 Å². The predicted octanol–water partition coefficient (Wildman–Crippen LogP) is 0.393. The number of β-amino-alcohol motifs (C(OH)–C–C–N with tert-alkyl or cyclic N) is 1. The van der Waals surface area contributed by atoms with Gasteiger partial charge in [-0.05, 0) is 20.4 Å². The molecular formula is C10H22N2O. The molecule has 0 saturated carbocycles. The Kier molecular flexibility index (Phi) is 4.16. The summed E-state index contributed by atoms with van der Waals surface area (Å²) >= 11 is 0. The minimum atomic E-state index is -0.194. The SMILES string of the molecule is CCC1CN(C[C@@H](C)O)CCN1C. The number of likely N-dealkylation sites (N-methyl/N-ethyl adjacent to an activating group) is 1. The molecule has 1 fully saturated rings. The highest BCUT2D eigenvalue weighted by molar-refractivity contribution is 4.79. The maximum absolute atomic E-state index is 9.27. The van der Waals surface area contributed by atoms with E-state index in [1.807, 2.05) is 6.92 Å². The molecule has 0 aromatic carbocycles. The van der Waals surface area contributed by atoms with Crippen molar-refractivity contribution >= 4 is 0 Å². The molecule has 13 heavy (non-hydrogen) atoms. The normalized spacial score (nSPS) is 29.1. The smallest absolute Gasteiger partial charge is 0.0639 e. The molecule has 0 radical (unpaired) electrons. The van der Waals surface area contributed by atoms with E-state index < -0.39 is 0 Å². The van der Waals surface area contributed by atoms with Crippen molar-refractivity contribution in [1.82, 2.24) is 9.80 Å². The molecule has 3 heteroatoms. The van der Waals surface area contributed by atoms with Gasteiger partial charge in [-0.15, -0.1) is 0 Å². The van der Waals surface area contributed by atoms with Crippen LogP contribution in [0.3, 0.4) is 0 Å². The molecule has 0 aliphatic carbocycles. The summed E-state index contributed by atoms with van der Waals surface area (Å²) in [6, 6.07) is 0.674. The molecule has 0 aromatic rings. The number of rotatable bonds is 3. The third kappa shape index (κ3) is 3.25. The molecule has 0 spiro atoms. The second-order valence-corrected chi connectivity index (χ2v) is 4.15. The van der Waals surface area contributed by atoms with Gasteiger partial charge in [0, 0.05) is 32.2 Å². The Hall–Kier alpha value is -0.120. The van der Waals surface area contributed by atoms with Gasteiger partial charge >= 0.3 is 0 Å². The lowest BCUT2D eigenvalue weighted by molar-refractivity contribution is 0.0566. The highest BCUT2D eigenvalue weighted by Crippen LogP contribution is 2.10. The number of hydrogen-bond acceptors (Lipinski definition) is 3. The lowest BCUT2D eigenvalue weighted by atomic mass is 10.1. The van der Waals surface area contributed by atoms with E-state index in [9.17, 15) is 5.11 Å². The monoisotopic (exact) mass is 186 g/mol. The Balaban J connectivity index is 2.36. The van der Waals surface area contributed by atoms with Crippen LogP contribution in [0.15, 0.2) is 0 Å². The van der Waals surface area contributed by atoms with Crippen LogP contribution in [-0.2, 0) is 0 Å². The standard InChI is InChI=1S/C10H22N2O/c1-4-10-8-12(7-9(2)13)6-5-11(10)3/h9-10,13H,4-8H2,1-3H3/t9-,10?/m1/s1. The van der Waals surface area contributed by atoms with Crippen LogP contribution in [0.1, 0.15) is 20.3 Å². The number of aliphatic hydroxyl groups is 1. The van der Waals surface area contributed by atoms with Crippen molar-refractivity contribution in [3.63, 3.8) is 0 Å². The Morgan fingerprint density at radius 3 is 2.69 bits per heavy atom. The van der Waals surface area contributed by atoms with Crippen molar-refractivity contribution in [3.8, 4) is 0 Å². The van der Waals surface area contributed by atoms with Gasteiger partial charge in [0.1, 0.15) is 0 Å². The molecule has 1 N–H and O–H groups in total. The molecule has 1 unspecified atom stereocenters. The molecule has 0 aromatic heterocycles. The number of piperazine rings is 1. The van der Waals surface area contributed by atoms with Crippen molar-refractivity contribution in [2.75, 3.05) is 33.2 Å². The van der Waals surface area contributed by atoms with Crippen molar-refractivity contribution < 1.29 is 5.11 Å². The van der Waals surface area contributed by atoms with Crippen molar-refractivity contribution in [2.45, 2.75) is 32.4 Å². The van der Waals surface area contributed by atoms with E-state index in [4.69, 9.17) is 0 Å². The first-order valence-corrected chi connectivity index (χ1v) is 5.24. The van der Waals surface area contributed by atoms with Gasteiger partial charge in [-0.25, -0.2) is 0 Å². The second kappa shape index (κ2) is 4.94. The van der Waals surface area contributed by atoms with Crippen molar-refractivity contribution in [2.24, 2.45) is 0 Å². The zero-order chi connectivity index (χ0) is 9.84. The quantitative estimate of drug-likeness (QED) is 0.691. The largest absolute Gasteiger partial charge is 0.392 e. The molecule has 1 aliphatic heterocycles. The second-order valence-electron chi connectivity index (χ2n) is 4.15. The van der Waals surface area contributed by atoms with E-state index in [-0.39, 0.29) is 6.10 Å². The molecule has 1 heterocycles. The van der Waals surface area contributed by atoms with E-state index in [2.05, 4.69) is 23.8 Å². The molecule has 1 rings (SSSR count). The summed E-state index contributed by atoms with van der Waals surface area (Å²) < 4.78 is 0. The van der Waals surface area contributed by atoms with Crippen LogP contribution in [0, 0.1) is 0 Å². The zero-order valence-electron chi connectivity index (χ0n) is 9.03. The van der Waals surface area contributed by atoms with Crippen LogP contribution in [0.2, 0.25) is 0 Å². The Morgan fingerprint density at radius 1 is 1.46 bits per heavy atom. The van der Waals surface area contributed by atoms with Gasteiger partial charge in [-0.3, -0.25) is 4.90 Å². The van der Waals surface area contributed by atoms with Gasteiger partial charge in [0.05, 0.1) is 6.10 Å². The van der Waals surface area contributed by atoms with Gasteiger partial charge in [0.15, 0.2) is 0 Å². The number of nitrogens with zero attached hydrogens (tertiary/aromatic N) is 2. The molecular weight excluding hydrogens is 164 g/mol. The van der Waals surface area contributed by atoms with E-state index in [1.54, 1.807) is 0 Å². The third-order valence-electron chi connectivity index (χ3n) is 2.85. The first-order valence-electron chi connectivity index (χ1n) is 5.24. The zero-order valence-corrected chi connectivity index (χ0v) is 9.03. The van der Waals surface area contributed by atoms with E-state index >= 15 is 0 Å². The average molecular weight is 186 g/mol. The molecule has 1 saturated heterocycles. The summed E-state index contributed by atoms with van der Waals surface area (Å²) in [6.45, 7) is 8.25. The summed E-state index contributed by atoms with van der Waals surface area (Å²) in [4.78, 5) is 4.78. The summed E-state index contributed by atoms with van der Waals surface area (Å²) in [5, 5.41) is 9.27. The minimum absolute atomic E-state index is 0.194. The fourth-order valence-corrected chi connectivity index (χ4v) is 1.99. The fraction of sp³-hybridized carbons (Fsp3) is 1.00. The molecule has 0 amide bonds. The lowest BCUT2D eigenvalue weighted by Crippen LogP contribution is -2.52. The van der Waals surface area contributed by atoms with Crippen LogP contribution >= 0.6 is 0 Å². The average Bonchev–Trinajstić information content (AvgIpc) is 2.07. The van der Waals surface area contributed by atoms with Gasteiger partial charge < -0.3 is 10.0 Å². The van der Waals surface area contributed by atoms with E-state index in [1.165, 1.54) is 6.42 Å². The van der Waals surface area contributed by atoms with Gasteiger partial charge in [-0.1, -0.05) is 6.92 Å². The van der Waals surface area contributed by atoms with Crippen molar-refractivity contribution in [3.05, 3.63) is 0 Å². The molecule has 3 nitrogen and oxygen atoms in total. The van der Waals surface area contributed by atoms with Crippen LogP contribution in [0.25, 0.3) is 0 Å². The fourth-order valence-electron chi connectivity index (χ4n) is 1.99. The van der Waals surface area contributed by atoms with E-state index in [0.717, 1.165) is 26.2 Å². The first-order chi connectivity index (χ1) is 6.13.